The largest absolute Gasteiger partial charge is 0.350 e. The van der Waals surface area contributed by atoms with E-state index in [1.165, 1.54) is 24.8 Å². The Hall–Kier alpha value is -2.10. The van der Waals surface area contributed by atoms with Crippen molar-refractivity contribution in [3.8, 4) is 5.69 Å². The Morgan fingerprint density at radius 1 is 1.29 bits per heavy atom. The second-order valence-corrected chi connectivity index (χ2v) is 6.74. The molecule has 0 amide bonds. The highest BCUT2D eigenvalue weighted by atomic mass is 16.2. The standard InChI is InChI=1S/C20H27N3O/c1-4-15(3)19-21-22(14-13-17-7-6-8-17)20(24)23(19)18-11-9-16(5-2)10-12-18/h4,9-12,17H,5-8,13-14H2,1-3H3/b15-4+. The maximum absolute atomic E-state index is 12.9. The topological polar surface area (TPSA) is 39.8 Å². The summed E-state index contributed by atoms with van der Waals surface area (Å²) in [7, 11) is 0. The molecule has 1 aliphatic rings. The molecule has 0 spiro atoms. The van der Waals surface area contributed by atoms with Crippen molar-refractivity contribution in [2.75, 3.05) is 0 Å². The van der Waals surface area contributed by atoms with E-state index in [1.807, 2.05) is 32.1 Å². The van der Waals surface area contributed by atoms with Gasteiger partial charge in [0.15, 0.2) is 5.82 Å². The molecule has 1 heterocycles. The van der Waals surface area contributed by atoms with Crippen LogP contribution in [-0.2, 0) is 13.0 Å². The molecule has 2 aromatic rings. The number of aryl methyl sites for hydroxylation is 2. The van der Waals surface area contributed by atoms with Crippen molar-refractivity contribution >= 4 is 5.57 Å². The molecule has 128 valence electrons. The number of hydrogen-bond acceptors (Lipinski definition) is 2. The molecule has 1 aromatic heterocycles. The predicted molar refractivity (Wildman–Crippen MR) is 98.5 cm³/mol. The number of nitrogens with zero attached hydrogens (tertiary/aromatic N) is 3. The Kier molecular flexibility index (Phi) is 5.03. The molecule has 0 aliphatic heterocycles. The van der Waals surface area contributed by atoms with Gasteiger partial charge in [-0.25, -0.2) is 14.0 Å². The van der Waals surface area contributed by atoms with Gasteiger partial charge in [0.1, 0.15) is 0 Å². The highest BCUT2D eigenvalue weighted by Gasteiger charge is 2.20. The minimum Gasteiger partial charge on any atom is -0.246 e. The molecule has 0 saturated heterocycles. The molecule has 1 saturated carbocycles. The van der Waals surface area contributed by atoms with Gasteiger partial charge in [-0.2, -0.15) is 0 Å². The first-order valence-electron chi connectivity index (χ1n) is 9.06. The molecule has 0 atom stereocenters. The van der Waals surface area contributed by atoms with Gasteiger partial charge < -0.3 is 0 Å². The molecular formula is C20H27N3O. The molecule has 4 nitrogen and oxygen atoms in total. The Morgan fingerprint density at radius 3 is 2.54 bits per heavy atom. The zero-order valence-corrected chi connectivity index (χ0v) is 15.0. The van der Waals surface area contributed by atoms with Crippen molar-refractivity contribution in [2.45, 2.75) is 59.4 Å². The lowest BCUT2D eigenvalue weighted by molar-refractivity contribution is 0.276. The van der Waals surface area contributed by atoms with E-state index >= 15 is 0 Å². The van der Waals surface area contributed by atoms with Crippen molar-refractivity contribution in [1.82, 2.24) is 14.3 Å². The first-order chi connectivity index (χ1) is 11.6. The molecular weight excluding hydrogens is 298 g/mol. The van der Waals surface area contributed by atoms with Gasteiger partial charge in [-0.15, -0.1) is 5.10 Å². The third-order valence-electron chi connectivity index (χ3n) is 5.20. The van der Waals surface area contributed by atoms with Gasteiger partial charge >= 0.3 is 5.69 Å². The minimum absolute atomic E-state index is 0.0326. The van der Waals surface area contributed by atoms with E-state index in [9.17, 15) is 4.79 Å². The van der Waals surface area contributed by atoms with Crippen LogP contribution in [0.4, 0.5) is 0 Å². The van der Waals surface area contributed by atoms with Crippen LogP contribution >= 0.6 is 0 Å². The van der Waals surface area contributed by atoms with Crippen LogP contribution in [0, 0.1) is 5.92 Å². The third-order valence-corrected chi connectivity index (χ3v) is 5.20. The number of aromatic nitrogens is 3. The van der Waals surface area contributed by atoms with Gasteiger partial charge in [-0.1, -0.05) is 44.4 Å². The van der Waals surface area contributed by atoms with Crippen LogP contribution in [0.25, 0.3) is 11.3 Å². The van der Waals surface area contributed by atoms with Crippen molar-refractivity contribution < 1.29 is 0 Å². The molecule has 3 rings (SSSR count). The van der Waals surface area contributed by atoms with Gasteiger partial charge in [0.05, 0.1) is 5.69 Å². The van der Waals surface area contributed by atoms with E-state index in [-0.39, 0.29) is 5.69 Å². The monoisotopic (exact) mass is 325 g/mol. The van der Waals surface area contributed by atoms with E-state index in [0.29, 0.717) is 6.54 Å². The Bertz CT molecular complexity index is 776. The average Bonchev–Trinajstić information content (AvgIpc) is 2.89. The van der Waals surface area contributed by atoms with E-state index in [4.69, 9.17) is 0 Å². The van der Waals surface area contributed by atoms with Crippen molar-refractivity contribution in [3.05, 3.63) is 52.2 Å². The maximum Gasteiger partial charge on any atom is 0.350 e. The minimum atomic E-state index is -0.0326. The fourth-order valence-corrected chi connectivity index (χ4v) is 3.14. The molecule has 1 aliphatic carbocycles. The van der Waals surface area contributed by atoms with Crippen LogP contribution in [0.1, 0.15) is 57.8 Å². The molecule has 0 radical (unpaired) electrons. The maximum atomic E-state index is 12.9. The average molecular weight is 325 g/mol. The van der Waals surface area contributed by atoms with Gasteiger partial charge in [0.25, 0.3) is 0 Å². The van der Waals surface area contributed by atoms with Gasteiger partial charge in [0.2, 0.25) is 0 Å². The number of allylic oxidation sites excluding steroid dienone is 2. The SMILES string of the molecule is C/C=C(\C)c1nn(CCC2CCC2)c(=O)n1-c1ccc(CC)cc1. The third kappa shape index (κ3) is 3.23. The Balaban J connectivity index is 1.98. The first kappa shape index (κ1) is 16.7. The summed E-state index contributed by atoms with van der Waals surface area (Å²) in [4.78, 5) is 12.9. The molecule has 1 fully saturated rings. The first-order valence-corrected chi connectivity index (χ1v) is 9.06. The van der Waals surface area contributed by atoms with Crippen LogP contribution in [0.15, 0.2) is 35.1 Å². The summed E-state index contributed by atoms with van der Waals surface area (Å²) in [5, 5.41) is 4.63. The molecule has 0 bridgehead atoms. The zero-order chi connectivity index (χ0) is 17.1. The highest BCUT2D eigenvalue weighted by molar-refractivity contribution is 5.59. The lowest BCUT2D eigenvalue weighted by Crippen LogP contribution is -2.26. The predicted octanol–water partition coefficient (Wildman–Crippen LogP) is 4.21. The fraction of sp³-hybridized carbons (Fsp3) is 0.500. The summed E-state index contributed by atoms with van der Waals surface area (Å²) in [5.74, 6) is 1.53. The van der Waals surface area contributed by atoms with Crippen LogP contribution in [0.2, 0.25) is 0 Å². The second-order valence-electron chi connectivity index (χ2n) is 6.74. The lowest BCUT2D eigenvalue weighted by Gasteiger charge is -2.24. The Labute approximate surface area is 143 Å². The lowest BCUT2D eigenvalue weighted by atomic mass is 9.83. The molecule has 4 heteroatoms. The molecule has 1 aromatic carbocycles. The second kappa shape index (κ2) is 7.20. The summed E-state index contributed by atoms with van der Waals surface area (Å²) in [6.45, 7) is 6.84. The summed E-state index contributed by atoms with van der Waals surface area (Å²) >= 11 is 0. The number of hydrogen-bond donors (Lipinski definition) is 0. The van der Waals surface area contributed by atoms with E-state index in [1.54, 1.807) is 9.25 Å². The highest BCUT2D eigenvalue weighted by Crippen LogP contribution is 2.29. The quantitative estimate of drug-likeness (QED) is 0.798. The van der Waals surface area contributed by atoms with Crippen LogP contribution in [0.5, 0.6) is 0 Å². The molecule has 0 N–H and O–H groups in total. The summed E-state index contributed by atoms with van der Waals surface area (Å²) in [6.07, 6.45) is 8.00. The van der Waals surface area contributed by atoms with Crippen LogP contribution in [0.3, 0.4) is 0 Å². The summed E-state index contributed by atoms with van der Waals surface area (Å²) in [5.41, 5.74) is 3.15. The number of rotatable bonds is 6. The van der Waals surface area contributed by atoms with E-state index in [2.05, 4.69) is 24.2 Å². The summed E-state index contributed by atoms with van der Waals surface area (Å²) in [6, 6.07) is 8.21. The number of benzene rings is 1. The van der Waals surface area contributed by atoms with E-state index < -0.39 is 0 Å². The van der Waals surface area contributed by atoms with Crippen molar-refractivity contribution in [3.63, 3.8) is 0 Å². The summed E-state index contributed by atoms with van der Waals surface area (Å²) < 4.78 is 3.39. The van der Waals surface area contributed by atoms with Gasteiger partial charge in [0, 0.05) is 6.54 Å². The van der Waals surface area contributed by atoms with Gasteiger partial charge in [-0.05, 0) is 55.9 Å². The fourth-order valence-electron chi connectivity index (χ4n) is 3.14. The Morgan fingerprint density at radius 2 is 2.00 bits per heavy atom. The van der Waals surface area contributed by atoms with E-state index in [0.717, 1.165) is 35.8 Å². The molecule has 0 unspecified atom stereocenters. The smallest absolute Gasteiger partial charge is 0.246 e. The zero-order valence-electron chi connectivity index (χ0n) is 15.0. The van der Waals surface area contributed by atoms with Crippen molar-refractivity contribution in [1.29, 1.82) is 0 Å². The normalized spacial score (nSPS) is 15.5. The van der Waals surface area contributed by atoms with Crippen molar-refractivity contribution in [2.24, 2.45) is 5.92 Å². The van der Waals surface area contributed by atoms with Gasteiger partial charge in [-0.3, -0.25) is 0 Å². The molecule has 24 heavy (non-hydrogen) atoms. The van der Waals surface area contributed by atoms with Crippen LogP contribution < -0.4 is 5.69 Å². The van der Waals surface area contributed by atoms with Crippen LogP contribution in [-0.4, -0.2) is 14.3 Å².